The van der Waals surface area contributed by atoms with Gasteiger partial charge >= 0.3 is 0 Å². The number of ether oxygens (including phenoxy) is 1. The van der Waals surface area contributed by atoms with Crippen molar-refractivity contribution in [2.75, 3.05) is 18.5 Å². The van der Waals surface area contributed by atoms with E-state index >= 15 is 0 Å². The van der Waals surface area contributed by atoms with E-state index in [2.05, 4.69) is 32.7 Å². The molecular formula is C24H30N4O2. The molecule has 3 rings (SSSR count). The van der Waals surface area contributed by atoms with Crippen LogP contribution in [0, 0.1) is 5.92 Å². The van der Waals surface area contributed by atoms with E-state index in [1.807, 2.05) is 63.4 Å². The number of anilines is 1. The number of H-pyrrole nitrogens is 1. The summed E-state index contributed by atoms with van der Waals surface area (Å²) in [6, 6.07) is 15.8. The Bertz CT molecular complexity index is 990. The Hall–Kier alpha value is -3.28. The van der Waals surface area contributed by atoms with Crippen LogP contribution < -0.4 is 15.4 Å². The first-order chi connectivity index (χ1) is 14.5. The number of guanidine groups is 1. The topological polar surface area (TPSA) is 78.5 Å². The molecular weight excluding hydrogens is 376 g/mol. The minimum atomic E-state index is -0.0470. The highest BCUT2D eigenvalue weighted by Crippen LogP contribution is 2.18. The zero-order valence-electron chi connectivity index (χ0n) is 17.9. The average molecular weight is 407 g/mol. The van der Waals surface area contributed by atoms with Crippen molar-refractivity contribution < 1.29 is 9.53 Å². The van der Waals surface area contributed by atoms with Crippen LogP contribution in [-0.2, 0) is 11.2 Å². The summed E-state index contributed by atoms with van der Waals surface area (Å²) in [4.78, 5) is 20.2. The van der Waals surface area contributed by atoms with Gasteiger partial charge in [0.25, 0.3) is 0 Å². The summed E-state index contributed by atoms with van der Waals surface area (Å²) >= 11 is 0. The number of aromatic nitrogens is 1. The van der Waals surface area contributed by atoms with E-state index in [0.717, 1.165) is 23.4 Å². The van der Waals surface area contributed by atoms with Crippen LogP contribution in [0.5, 0.6) is 5.75 Å². The predicted molar refractivity (Wildman–Crippen MR) is 123 cm³/mol. The number of para-hydroxylation sites is 1. The maximum Gasteiger partial charge on any atom is 0.226 e. The second kappa shape index (κ2) is 10.5. The van der Waals surface area contributed by atoms with Gasteiger partial charge in [-0.1, -0.05) is 32.0 Å². The number of nitrogens with zero attached hydrogens (tertiary/aromatic N) is 1. The van der Waals surface area contributed by atoms with Crippen LogP contribution in [0.1, 0.15) is 32.8 Å². The highest BCUT2D eigenvalue weighted by molar-refractivity contribution is 6.04. The van der Waals surface area contributed by atoms with Crippen LogP contribution in [0.3, 0.4) is 0 Å². The third-order valence-electron chi connectivity index (χ3n) is 4.61. The fourth-order valence-corrected chi connectivity index (χ4v) is 3.23. The van der Waals surface area contributed by atoms with Crippen molar-refractivity contribution >= 4 is 28.5 Å². The number of hydrogen-bond acceptors (Lipinski definition) is 3. The van der Waals surface area contributed by atoms with E-state index in [-0.39, 0.29) is 11.8 Å². The second-order valence-electron chi connectivity index (χ2n) is 7.57. The minimum Gasteiger partial charge on any atom is -0.494 e. The molecule has 0 fully saturated rings. The van der Waals surface area contributed by atoms with Crippen molar-refractivity contribution in [3.63, 3.8) is 0 Å². The smallest absolute Gasteiger partial charge is 0.226 e. The lowest BCUT2D eigenvalue weighted by Gasteiger charge is -2.13. The fourth-order valence-electron chi connectivity index (χ4n) is 3.23. The number of carbonyl (C=O) groups excluding carboxylic acids is 1. The van der Waals surface area contributed by atoms with E-state index in [1.165, 1.54) is 10.9 Å². The molecule has 2 aromatic carbocycles. The molecule has 158 valence electrons. The molecule has 0 spiro atoms. The molecule has 3 aromatic rings. The summed E-state index contributed by atoms with van der Waals surface area (Å²) in [6.07, 6.45) is 3.25. The molecule has 1 heterocycles. The molecule has 0 aliphatic rings. The van der Waals surface area contributed by atoms with Crippen LogP contribution >= 0.6 is 0 Å². The Morgan fingerprint density at radius 1 is 1.13 bits per heavy atom. The zero-order chi connectivity index (χ0) is 21.3. The van der Waals surface area contributed by atoms with Gasteiger partial charge in [0.05, 0.1) is 6.61 Å². The fraction of sp³-hybridized carbons (Fsp3) is 0.333. The van der Waals surface area contributed by atoms with Crippen molar-refractivity contribution in [2.24, 2.45) is 10.9 Å². The number of benzene rings is 2. The zero-order valence-corrected chi connectivity index (χ0v) is 17.9. The van der Waals surface area contributed by atoms with Crippen LogP contribution in [0.25, 0.3) is 10.9 Å². The molecule has 0 saturated heterocycles. The predicted octanol–water partition coefficient (Wildman–Crippen LogP) is 4.74. The monoisotopic (exact) mass is 406 g/mol. The summed E-state index contributed by atoms with van der Waals surface area (Å²) in [5, 5.41) is 7.35. The van der Waals surface area contributed by atoms with Crippen LogP contribution in [0.4, 0.5) is 5.69 Å². The summed E-state index contributed by atoms with van der Waals surface area (Å²) < 4.78 is 5.48. The van der Waals surface area contributed by atoms with Gasteiger partial charge in [0.15, 0.2) is 0 Å². The van der Waals surface area contributed by atoms with Gasteiger partial charge in [-0.05, 0) is 55.2 Å². The molecule has 0 radical (unpaired) electrons. The Morgan fingerprint density at radius 3 is 2.63 bits per heavy atom. The molecule has 1 amide bonds. The molecule has 6 nitrogen and oxygen atoms in total. The van der Waals surface area contributed by atoms with Crippen LogP contribution in [-0.4, -0.2) is 30.0 Å². The Morgan fingerprint density at radius 2 is 1.90 bits per heavy atom. The first-order valence-electron chi connectivity index (χ1n) is 10.4. The van der Waals surface area contributed by atoms with Crippen molar-refractivity contribution in [3.05, 3.63) is 60.3 Å². The number of aliphatic imine (C=N–C) groups is 1. The van der Waals surface area contributed by atoms with Gasteiger partial charge in [0.2, 0.25) is 11.9 Å². The molecule has 0 aliphatic carbocycles. The minimum absolute atomic E-state index is 0.0470. The maximum atomic E-state index is 12.3. The quantitative estimate of drug-likeness (QED) is 0.373. The molecule has 30 heavy (non-hydrogen) atoms. The standard InChI is InChI=1S/C24H30N4O2/c1-4-30-20-11-9-19(10-12-20)27-24(28-23(29)15-17(2)3)25-14-13-18-16-26-22-8-6-5-7-21(18)22/h5-12,16-17,26H,4,13-15H2,1-3H3,(H2,25,27,28,29). The maximum absolute atomic E-state index is 12.3. The number of nitrogens with one attached hydrogen (secondary N) is 3. The molecule has 6 heteroatoms. The van der Waals surface area contributed by atoms with Gasteiger partial charge in [-0.15, -0.1) is 0 Å². The van der Waals surface area contributed by atoms with Crippen LogP contribution in [0.2, 0.25) is 0 Å². The van der Waals surface area contributed by atoms with Crippen molar-refractivity contribution in [1.82, 2.24) is 10.3 Å². The number of amides is 1. The van der Waals surface area contributed by atoms with Gasteiger partial charge in [-0.3, -0.25) is 15.1 Å². The van der Waals surface area contributed by atoms with Crippen molar-refractivity contribution in [3.8, 4) is 5.75 Å². The van der Waals surface area contributed by atoms with Crippen molar-refractivity contribution in [1.29, 1.82) is 0 Å². The lowest BCUT2D eigenvalue weighted by Crippen LogP contribution is -2.36. The summed E-state index contributed by atoms with van der Waals surface area (Å²) in [7, 11) is 0. The highest BCUT2D eigenvalue weighted by Gasteiger charge is 2.09. The van der Waals surface area contributed by atoms with E-state index in [1.54, 1.807) is 0 Å². The molecule has 0 bridgehead atoms. The Balaban J connectivity index is 1.69. The summed E-state index contributed by atoms with van der Waals surface area (Å²) in [6.45, 7) is 7.18. The summed E-state index contributed by atoms with van der Waals surface area (Å²) in [5.74, 6) is 1.51. The Labute approximate surface area is 177 Å². The van der Waals surface area contributed by atoms with Gasteiger partial charge in [-0.2, -0.15) is 0 Å². The molecule has 0 unspecified atom stereocenters. The van der Waals surface area contributed by atoms with E-state index in [4.69, 9.17) is 4.74 Å². The Kier molecular flexibility index (Phi) is 7.49. The third kappa shape index (κ3) is 6.11. The molecule has 3 N–H and O–H groups in total. The second-order valence-corrected chi connectivity index (χ2v) is 7.57. The number of rotatable bonds is 8. The average Bonchev–Trinajstić information content (AvgIpc) is 3.12. The molecule has 1 aromatic heterocycles. The summed E-state index contributed by atoms with van der Waals surface area (Å²) in [5.41, 5.74) is 3.17. The van der Waals surface area contributed by atoms with E-state index in [9.17, 15) is 4.79 Å². The van der Waals surface area contributed by atoms with E-state index < -0.39 is 0 Å². The van der Waals surface area contributed by atoms with E-state index in [0.29, 0.717) is 25.5 Å². The lowest BCUT2D eigenvalue weighted by atomic mass is 10.1. The largest absolute Gasteiger partial charge is 0.494 e. The lowest BCUT2D eigenvalue weighted by molar-refractivity contribution is -0.120. The first kappa shape index (κ1) is 21.4. The third-order valence-corrected chi connectivity index (χ3v) is 4.61. The number of carbonyl (C=O) groups is 1. The van der Waals surface area contributed by atoms with Gasteiger partial charge in [-0.25, -0.2) is 0 Å². The SMILES string of the molecule is CCOc1ccc(NC(=NCCc2c[nH]c3ccccc23)NC(=O)CC(C)C)cc1. The van der Waals surface area contributed by atoms with Gasteiger partial charge in [0.1, 0.15) is 5.75 Å². The van der Waals surface area contributed by atoms with Gasteiger partial charge in [0, 0.05) is 35.8 Å². The molecule has 0 saturated carbocycles. The number of aromatic amines is 1. The van der Waals surface area contributed by atoms with Crippen LogP contribution in [0.15, 0.2) is 59.7 Å². The number of hydrogen-bond donors (Lipinski definition) is 3. The normalized spacial score (nSPS) is 11.7. The number of fused-ring (bicyclic) bond motifs is 1. The highest BCUT2D eigenvalue weighted by atomic mass is 16.5. The van der Waals surface area contributed by atoms with Crippen molar-refractivity contribution in [2.45, 2.75) is 33.6 Å². The molecule has 0 atom stereocenters. The molecule has 0 aliphatic heterocycles. The van der Waals surface area contributed by atoms with Gasteiger partial charge < -0.3 is 15.0 Å². The first-order valence-corrected chi connectivity index (χ1v) is 10.4.